The number of carbonyl (C=O) groups excluding carboxylic acids is 2. The first-order valence-electron chi connectivity index (χ1n) is 9.46. The first-order valence-corrected chi connectivity index (χ1v) is 10.7. The lowest BCUT2D eigenvalue weighted by Crippen LogP contribution is -2.54. The van der Waals surface area contributed by atoms with Crippen LogP contribution in [0.2, 0.25) is 0 Å². The Morgan fingerprint density at radius 1 is 1.03 bits per heavy atom. The van der Waals surface area contributed by atoms with Crippen LogP contribution in [0.15, 0.2) is 80.6 Å². The fourth-order valence-electron chi connectivity index (χ4n) is 3.06. The molecule has 1 fully saturated rings. The fourth-order valence-corrected chi connectivity index (χ4v) is 4.13. The molecule has 2 amide bonds. The van der Waals surface area contributed by atoms with Crippen molar-refractivity contribution >= 4 is 52.7 Å². The van der Waals surface area contributed by atoms with Crippen LogP contribution < -0.4 is 19.7 Å². The molecular formula is C23H18N2O5S2. The van der Waals surface area contributed by atoms with Gasteiger partial charge in [0, 0.05) is 11.0 Å². The second kappa shape index (κ2) is 9.29. The van der Waals surface area contributed by atoms with Crippen LogP contribution in [0.25, 0.3) is 6.08 Å². The van der Waals surface area contributed by atoms with E-state index in [1.807, 2.05) is 30.3 Å². The quantitative estimate of drug-likeness (QED) is 0.330. The second-order valence-electron chi connectivity index (χ2n) is 6.57. The zero-order chi connectivity index (χ0) is 22.7. The molecule has 0 spiro atoms. The number of amides is 2. The average molecular weight is 467 g/mol. The third-order valence-electron chi connectivity index (χ3n) is 4.58. The number of anilines is 1. The van der Waals surface area contributed by atoms with E-state index in [-0.39, 0.29) is 10.7 Å². The molecule has 1 N–H and O–H groups in total. The number of nitrogens with zero attached hydrogens (tertiary/aromatic N) is 1. The molecule has 9 heteroatoms. The molecule has 2 aromatic carbocycles. The van der Waals surface area contributed by atoms with Crippen molar-refractivity contribution in [1.82, 2.24) is 5.32 Å². The summed E-state index contributed by atoms with van der Waals surface area (Å²) in [5.41, 5.74) is 0.274. The van der Waals surface area contributed by atoms with Crippen LogP contribution in [-0.4, -0.2) is 31.1 Å². The minimum Gasteiger partial charge on any atom is -0.497 e. The van der Waals surface area contributed by atoms with E-state index in [0.717, 1.165) is 4.90 Å². The summed E-state index contributed by atoms with van der Waals surface area (Å²) in [4.78, 5) is 28.0. The Morgan fingerprint density at radius 2 is 1.81 bits per heavy atom. The van der Waals surface area contributed by atoms with Gasteiger partial charge in [-0.25, -0.2) is 4.90 Å². The van der Waals surface area contributed by atoms with Crippen molar-refractivity contribution in [2.75, 3.05) is 19.1 Å². The van der Waals surface area contributed by atoms with E-state index in [9.17, 15) is 9.59 Å². The summed E-state index contributed by atoms with van der Waals surface area (Å²) in [7, 11) is 3.00. The van der Waals surface area contributed by atoms with Crippen LogP contribution in [0.3, 0.4) is 0 Å². The van der Waals surface area contributed by atoms with Crippen molar-refractivity contribution in [2.24, 2.45) is 0 Å². The summed E-state index contributed by atoms with van der Waals surface area (Å²) in [6, 6.07) is 18.1. The summed E-state index contributed by atoms with van der Waals surface area (Å²) in [6.07, 6.45) is 1.40. The average Bonchev–Trinajstić information content (AvgIpc) is 3.24. The van der Waals surface area contributed by atoms with Crippen molar-refractivity contribution < 1.29 is 23.5 Å². The molecule has 1 saturated heterocycles. The number of ether oxygens (including phenoxy) is 2. The van der Waals surface area contributed by atoms with Gasteiger partial charge in [-0.1, -0.05) is 30.0 Å². The SMILES string of the molecule is COc1ccc(N2C(=O)/C(=C/c3ccc(Sc4ccccc4)o3)C(=O)NC2=S)c(OC)c1. The van der Waals surface area contributed by atoms with Crippen molar-refractivity contribution in [3.8, 4) is 11.5 Å². The lowest BCUT2D eigenvalue weighted by molar-refractivity contribution is -0.122. The number of thiocarbonyl (C=S) groups is 1. The molecular weight excluding hydrogens is 448 g/mol. The van der Waals surface area contributed by atoms with Crippen molar-refractivity contribution in [3.63, 3.8) is 0 Å². The van der Waals surface area contributed by atoms with Gasteiger partial charge in [-0.15, -0.1) is 0 Å². The number of methoxy groups -OCH3 is 2. The second-order valence-corrected chi connectivity index (χ2v) is 8.03. The Hall–Kier alpha value is -3.56. The number of furan rings is 1. The van der Waals surface area contributed by atoms with Gasteiger partial charge in [-0.3, -0.25) is 14.9 Å². The van der Waals surface area contributed by atoms with Crippen molar-refractivity contribution in [3.05, 3.63) is 72.0 Å². The molecule has 32 heavy (non-hydrogen) atoms. The van der Waals surface area contributed by atoms with Gasteiger partial charge in [-0.05, 0) is 54.7 Å². The molecule has 3 aromatic rings. The van der Waals surface area contributed by atoms with Crippen LogP contribution >= 0.6 is 24.0 Å². The molecule has 0 atom stereocenters. The van der Waals surface area contributed by atoms with Gasteiger partial charge in [0.05, 0.1) is 19.9 Å². The van der Waals surface area contributed by atoms with Crippen molar-refractivity contribution in [1.29, 1.82) is 0 Å². The molecule has 1 aliphatic rings. The van der Waals surface area contributed by atoms with Gasteiger partial charge < -0.3 is 13.9 Å². The van der Waals surface area contributed by atoms with Gasteiger partial charge in [0.15, 0.2) is 10.2 Å². The maximum Gasteiger partial charge on any atom is 0.270 e. The van der Waals surface area contributed by atoms with E-state index in [0.29, 0.717) is 28.0 Å². The number of carbonyl (C=O) groups is 2. The third-order valence-corrected chi connectivity index (χ3v) is 5.79. The first kappa shape index (κ1) is 21.7. The van der Waals surface area contributed by atoms with Crippen LogP contribution in [0, 0.1) is 0 Å². The molecule has 1 aromatic heterocycles. The predicted molar refractivity (Wildman–Crippen MR) is 125 cm³/mol. The number of rotatable bonds is 6. The van der Waals surface area contributed by atoms with Gasteiger partial charge in [0.2, 0.25) is 0 Å². The topological polar surface area (TPSA) is 81.0 Å². The van der Waals surface area contributed by atoms with Crippen LogP contribution in [-0.2, 0) is 9.59 Å². The molecule has 0 saturated carbocycles. The van der Waals surface area contributed by atoms with Crippen LogP contribution in [0.4, 0.5) is 5.69 Å². The number of nitrogens with one attached hydrogen (secondary N) is 1. The summed E-state index contributed by atoms with van der Waals surface area (Å²) in [5, 5.41) is 3.14. The normalized spacial score (nSPS) is 15.1. The summed E-state index contributed by atoms with van der Waals surface area (Å²) in [6.45, 7) is 0. The highest BCUT2D eigenvalue weighted by Crippen LogP contribution is 2.35. The fraction of sp³-hybridized carbons (Fsp3) is 0.0870. The molecule has 1 aliphatic heterocycles. The van der Waals surface area contributed by atoms with Gasteiger partial charge >= 0.3 is 0 Å². The number of hydrogen-bond donors (Lipinski definition) is 1. The van der Waals surface area contributed by atoms with Crippen molar-refractivity contribution in [2.45, 2.75) is 9.99 Å². The van der Waals surface area contributed by atoms with E-state index < -0.39 is 11.8 Å². The molecule has 0 aliphatic carbocycles. The Bertz CT molecular complexity index is 1220. The first-order chi connectivity index (χ1) is 15.5. The molecule has 0 bridgehead atoms. The molecule has 7 nitrogen and oxygen atoms in total. The Balaban J connectivity index is 1.64. The maximum absolute atomic E-state index is 13.2. The zero-order valence-corrected chi connectivity index (χ0v) is 18.8. The van der Waals surface area contributed by atoms with Gasteiger partial charge in [0.25, 0.3) is 11.8 Å². The summed E-state index contributed by atoms with van der Waals surface area (Å²) in [5.74, 6) is 0.111. The van der Waals surface area contributed by atoms with Gasteiger partial charge in [0.1, 0.15) is 22.8 Å². The highest BCUT2D eigenvalue weighted by molar-refractivity contribution is 7.99. The summed E-state index contributed by atoms with van der Waals surface area (Å²) < 4.78 is 16.4. The molecule has 0 unspecified atom stereocenters. The highest BCUT2D eigenvalue weighted by Gasteiger charge is 2.36. The van der Waals surface area contributed by atoms with E-state index in [1.165, 1.54) is 37.0 Å². The zero-order valence-electron chi connectivity index (χ0n) is 17.2. The Kier molecular flexibility index (Phi) is 6.29. The van der Waals surface area contributed by atoms with Crippen LogP contribution in [0.5, 0.6) is 11.5 Å². The molecule has 2 heterocycles. The standard InChI is InChI=1S/C23H18N2O5S2/c1-28-14-8-10-18(19(13-14)29-2)25-22(27)17(21(26)24-23(25)31)12-15-9-11-20(30-15)32-16-6-4-3-5-7-16/h3-13H,1-2H3,(H,24,26,31)/b17-12+. The Labute approximate surface area is 194 Å². The minimum absolute atomic E-state index is 0.0413. The van der Waals surface area contributed by atoms with E-state index in [1.54, 1.807) is 30.3 Å². The van der Waals surface area contributed by atoms with Crippen LogP contribution in [0.1, 0.15) is 5.76 Å². The van der Waals surface area contributed by atoms with E-state index in [4.69, 9.17) is 26.1 Å². The molecule has 0 radical (unpaired) electrons. The predicted octanol–water partition coefficient (Wildman–Crippen LogP) is 4.28. The third kappa shape index (κ3) is 4.39. The smallest absolute Gasteiger partial charge is 0.270 e. The minimum atomic E-state index is -0.600. The summed E-state index contributed by atoms with van der Waals surface area (Å²) >= 11 is 6.70. The monoisotopic (exact) mass is 466 g/mol. The molecule has 4 rings (SSSR count). The maximum atomic E-state index is 13.2. The lowest BCUT2D eigenvalue weighted by atomic mass is 10.1. The van der Waals surface area contributed by atoms with E-state index in [2.05, 4.69) is 5.32 Å². The van der Waals surface area contributed by atoms with Gasteiger partial charge in [-0.2, -0.15) is 0 Å². The Morgan fingerprint density at radius 3 is 2.53 bits per heavy atom. The lowest BCUT2D eigenvalue weighted by Gasteiger charge is -2.29. The number of benzene rings is 2. The highest BCUT2D eigenvalue weighted by atomic mass is 32.2. The molecule has 162 valence electrons. The number of hydrogen-bond acceptors (Lipinski definition) is 7. The largest absolute Gasteiger partial charge is 0.497 e. The van der Waals surface area contributed by atoms with E-state index >= 15 is 0 Å².